The molecule has 0 aromatic carbocycles. The van der Waals surface area contributed by atoms with Gasteiger partial charge in [0.15, 0.2) is 5.82 Å². The zero-order chi connectivity index (χ0) is 20.4. The van der Waals surface area contributed by atoms with Crippen LogP contribution in [-0.2, 0) is 6.54 Å². The molecule has 0 aliphatic heterocycles. The molecule has 0 radical (unpaired) electrons. The van der Waals surface area contributed by atoms with E-state index in [0.29, 0.717) is 23.9 Å². The van der Waals surface area contributed by atoms with E-state index < -0.39 is 4.92 Å². The number of aryl methyl sites for hydroxylation is 3. The van der Waals surface area contributed by atoms with Gasteiger partial charge in [0.05, 0.1) is 18.5 Å². The van der Waals surface area contributed by atoms with Crippen molar-refractivity contribution in [2.75, 3.05) is 13.1 Å². The number of nitro groups is 1. The first-order valence-corrected chi connectivity index (χ1v) is 10.1. The Morgan fingerprint density at radius 1 is 1.14 bits per heavy atom. The molecule has 3 aromatic heterocycles. The molecule has 0 bridgehead atoms. The fraction of sp³-hybridized carbons (Fsp3) is 0.421. The Kier molecular flexibility index (Phi) is 5.85. The molecule has 0 aliphatic rings. The summed E-state index contributed by atoms with van der Waals surface area (Å²) in [5, 5.41) is 12.2. The van der Waals surface area contributed by atoms with Gasteiger partial charge in [-0.05, 0) is 55.3 Å². The maximum atomic E-state index is 11.4. The van der Waals surface area contributed by atoms with Crippen LogP contribution in [0.2, 0.25) is 0 Å². The molecular formula is C19H24N5O3S+. The largest absolute Gasteiger partial charge is 0.429 e. The second-order valence-corrected chi connectivity index (χ2v) is 7.88. The van der Waals surface area contributed by atoms with E-state index in [9.17, 15) is 10.1 Å². The minimum absolute atomic E-state index is 0.0833. The molecule has 0 aliphatic carbocycles. The summed E-state index contributed by atoms with van der Waals surface area (Å²) in [4.78, 5) is 27.5. The molecule has 8 nitrogen and oxygen atoms in total. The van der Waals surface area contributed by atoms with Gasteiger partial charge in [0.25, 0.3) is 0 Å². The molecule has 148 valence electrons. The summed E-state index contributed by atoms with van der Waals surface area (Å²) < 4.78 is 5.96. The lowest BCUT2D eigenvalue weighted by molar-refractivity contribution is -0.910. The number of nitrogens with one attached hydrogen (secondary N) is 1. The molecule has 0 saturated carbocycles. The zero-order valence-corrected chi connectivity index (χ0v) is 17.5. The Labute approximate surface area is 167 Å². The van der Waals surface area contributed by atoms with Gasteiger partial charge in [-0.25, -0.2) is 4.98 Å². The van der Waals surface area contributed by atoms with E-state index >= 15 is 0 Å². The van der Waals surface area contributed by atoms with E-state index in [-0.39, 0.29) is 11.6 Å². The Morgan fingerprint density at radius 3 is 2.50 bits per heavy atom. The third-order valence-corrected chi connectivity index (χ3v) is 5.91. The standard InChI is InChI=1S/C19H23N5O3S/c1-6-23(7-2)10-15-21-18(16-12(4)13(5)28-19(16)22-15)27-14-9-8-11(3)20-17(14)24(25)26/h8-9H,6-7,10H2,1-5H3/p+1. The molecule has 0 spiro atoms. The lowest BCUT2D eigenvalue weighted by Gasteiger charge is -2.15. The molecule has 9 heteroatoms. The van der Waals surface area contributed by atoms with Gasteiger partial charge >= 0.3 is 5.82 Å². The molecular weight excluding hydrogens is 378 g/mol. The van der Waals surface area contributed by atoms with Crippen molar-refractivity contribution in [1.82, 2.24) is 15.0 Å². The van der Waals surface area contributed by atoms with Crippen LogP contribution in [0.5, 0.6) is 11.6 Å². The van der Waals surface area contributed by atoms with Crippen LogP contribution in [0, 0.1) is 30.9 Å². The van der Waals surface area contributed by atoms with E-state index in [4.69, 9.17) is 9.72 Å². The first-order chi connectivity index (χ1) is 13.3. The van der Waals surface area contributed by atoms with Gasteiger partial charge in [0.1, 0.15) is 17.1 Å². The zero-order valence-electron chi connectivity index (χ0n) is 16.7. The van der Waals surface area contributed by atoms with Gasteiger partial charge in [-0.15, -0.1) is 11.3 Å². The highest BCUT2D eigenvalue weighted by atomic mass is 32.1. The van der Waals surface area contributed by atoms with Crippen molar-refractivity contribution in [1.29, 1.82) is 0 Å². The second-order valence-electron chi connectivity index (χ2n) is 6.68. The summed E-state index contributed by atoms with van der Waals surface area (Å²) in [5.74, 6) is 0.791. The lowest BCUT2D eigenvalue weighted by Crippen LogP contribution is -3.10. The quantitative estimate of drug-likeness (QED) is 0.482. The van der Waals surface area contributed by atoms with Gasteiger partial charge in [-0.2, -0.15) is 4.98 Å². The molecule has 1 N–H and O–H groups in total. The molecule has 3 aromatic rings. The first kappa shape index (κ1) is 20.1. The number of thiophene rings is 1. The molecule has 3 heterocycles. The monoisotopic (exact) mass is 402 g/mol. The molecule has 0 saturated heterocycles. The second kappa shape index (κ2) is 8.15. The average Bonchev–Trinajstić information content (AvgIpc) is 2.95. The number of rotatable bonds is 7. The van der Waals surface area contributed by atoms with Crippen LogP contribution in [0.25, 0.3) is 10.2 Å². The topological polar surface area (TPSA) is 95.5 Å². The Morgan fingerprint density at radius 2 is 1.86 bits per heavy atom. The predicted molar refractivity (Wildman–Crippen MR) is 108 cm³/mol. The number of nitrogens with zero attached hydrogens (tertiary/aromatic N) is 4. The molecule has 0 atom stereocenters. The predicted octanol–water partition coefficient (Wildman–Crippen LogP) is 3.14. The molecule has 3 rings (SSSR count). The fourth-order valence-corrected chi connectivity index (χ4v) is 4.01. The number of fused-ring (bicyclic) bond motifs is 1. The summed E-state index contributed by atoms with van der Waals surface area (Å²) >= 11 is 1.58. The number of ether oxygens (including phenoxy) is 1. The van der Waals surface area contributed by atoms with E-state index in [1.807, 2.05) is 13.8 Å². The number of pyridine rings is 1. The van der Waals surface area contributed by atoms with Crippen molar-refractivity contribution in [3.05, 3.63) is 44.2 Å². The summed E-state index contributed by atoms with van der Waals surface area (Å²) in [5.41, 5.74) is 1.58. The van der Waals surface area contributed by atoms with Crippen LogP contribution in [-0.4, -0.2) is 33.0 Å². The van der Waals surface area contributed by atoms with Gasteiger partial charge < -0.3 is 19.8 Å². The number of hydrogen-bond acceptors (Lipinski definition) is 7. The highest BCUT2D eigenvalue weighted by Gasteiger charge is 2.23. The fourth-order valence-electron chi connectivity index (χ4n) is 2.98. The van der Waals surface area contributed by atoms with Crippen LogP contribution in [0.3, 0.4) is 0 Å². The number of aromatic nitrogens is 3. The Balaban J connectivity index is 2.12. The summed E-state index contributed by atoms with van der Waals surface area (Å²) in [7, 11) is 0. The van der Waals surface area contributed by atoms with E-state index in [1.54, 1.807) is 30.4 Å². The van der Waals surface area contributed by atoms with E-state index in [0.717, 1.165) is 33.7 Å². The highest BCUT2D eigenvalue weighted by molar-refractivity contribution is 7.18. The average molecular weight is 403 g/mol. The Bertz CT molecular complexity index is 1030. The van der Waals surface area contributed by atoms with Crippen molar-refractivity contribution in [2.45, 2.75) is 41.2 Å². The maximum absolute atomic E-state index is 11.4. The minimum Gasteiger partial charge on any atom is -0.429 e. The summed E-state index contributed by atoms with van der Waals surface area (Å²) in [6.45, 7) is 12.6. The Hall–Kier alpha value is -2.65. The summed E-state index contributed by atoms with van der Waals surface area (Å²) in [6, 6.07) is 3.26. The van der Waals surface area contributed by atoms with Crippen LogP contribution < -0.4 is 9.64 Å². The third-order valence-electron chi connectivity index (χ3n) is 4.81. The molecule has 0 unspecified atom stereocenters. The van der Waals surface area contributed by atoms with Crippen LogP contribution in [0.4, 0.5) is 5.82 Å². The lowest BCUT2D eigenvalue weighted by atomic mass is 10.2. The van der Waals surface area contributed by atoms with E-state index in [1.165, 1.54) is 4.90 Å². The van der Waals surface area contributed by atoms with Crippen molar-refractivity contribution >= 4 is 27.4 Å². The van der Waals surface area contributed by atoms with Crippen molar-refractivity contribution in [3.8, 4) is 11.6 Å². The normalized spacial score (nSPS) is 11.4. The van der Waals surface area contributed by atoms with Gasteiger partial charge in [0.2, 0.25) is 11.6 Å². The van der Waals surface area contributed by atoms with Gasteiger partial charge in [-0.3, -0.25) is 0 Å². The smallest absolute Gasteiger partial charge is 0.407 e. The summed E-state index contributed by atoms with van der Waals surface area (Å²) in [6.07, 6.45) is 0. The van der Waals surface area contributed by atoms with Crippen LogP contribution >= 0.6 is 11.3 Å². The number of hydrogen-bond donors (Lipinski definition) is 1. The van der Waals surface area contributed by atoms with Crippen LogP contribution in [0.15, 0.2) is 12.1 Å². The van der Waals surface area contributed by atoms with Crippen molar-refractivity contribution < 1.29 is 14.6 Å². The molecule has 0 amide bonds. The third kappa shape index (κ3) is 3.95. The highest BCUT2D eigenvalue weighted by Crippen LogP contribution is 2.38. The minimum atomic E-state index is -0.534. The number of quaternary nitrogens is 1. The van der Waals surface area contributed by atoms with Gasteiger partial charge in [-0.1, -0.05) is 0 Å². The van der Waals surface area contributed by atoms with Crippen molar-refractivity contribution in [3.63, 3.8) is 0 Å². The van der Waals surface area contributed by atoms with Crippen LogP contribution in [0.1, 0.15) is 35.8 Å². The van der Waals surface area contributed by atoms with E-state index in [2.05, 4.69) is 23.8 Å². The molecule has 28 heavy (non-hydrogen) atoms. The first-order valence-electron chi connectivity index (χ1n) is 9.24. The van der Waals surface area contributed by atoms with Crippen molar-refractivity contribution in [2.24, 2.45) is 0 Å². The maximum Gasteiger partial charge on any atom is 0.407 e. The SMILES string of the molecule is CC[NH+](CC)Cc1nc(Oc2ccc(C)nc2[N+](=O)[O-])c2c(C)c(C)sc2n1. The van der Waals surface area contributed by atoms with Gasteiger partial charge in [0, 0.05) is 11.8 Å². The molecule has 0 fully saturated rings.